The molecule has 11 heteroatoms. The van der Waals surface area contributed by atoms with E-state index in [9.17, 15) is 18.3 Å². The number of anilines is 4. The second-order valence-electron chi connectivity index (χ2n) is 12.1. The van der Waals surface area contributed by atoms with E-state index in [4.69, 9.17) is 5.11 Å². The Hall–Kier alpha value is -2.86. The summed E-state index contributed by atoms with van der Waals surface area (Å²) in [5, 5.41) is 25.4. The molecule has 0 radical (unpaired) electrons. The molecule has 3 aliphatic rings. The van der Waals surface area contributed by atoms with Crippen LogP contribution < -0.4 is 25.2 Å². The molecule has 5 rings (SSSR count). The lowest BCUT2D eigenvalue weighted by molar-refractivity contribution is 0.102. The Kier molecular flexibility index (Phi) is 7.77. The van der Waals surface area contributed by atoms with Gasteiger partial charge in [-0.25, -0.2) is 13.1 Å². The number of carbonyl (C=O) groups excluding carboxylic acids is 1. The first-order valence-electron chi connectivity index (χ1n) is 14.0. The van der Waals surface area contributed by atoms with Crippen LogP contribution in [-0.2, 0) is 16.4 Å². The molecule has 0 aromatic heterocycles. The highest BCUT2D eigenvalue weighted by Crippen LogP contribution is 2.54. The third kappa shape index (κ3) is 5.93. The molecule has 2 aliphatic heterocycles. The molecule has 40 heavy (non-hydrogen) atoms. The molecule has 5 N–H and O–H groups in total. The average Bonchev–Trinajstić information content (AvgIpc) is 3.58. The molecule has 0 bridgehead atoms. The van der Waals surface area contributed by atoms with Crippen molar-refractivity contribution in [3.63, 3.8) is 0 Å². The van der Waals surface area contributed by atoms with Gasteiger partial charge in [0, 0.05) is 38.8 Å². The summed E-state index contributed by atoms with van der Waals surface area (Å²) in [6, 6.07) is 8.49. The Morgan fingerprint density at radius 1 is 1.02 bits per heavy atom. The van der Waals surface area contributed by atoms with Gasteiger partial charge in [0.1, 0.15) is 0 Å². The van der Waals surface area contributed by atoms with Crippen molar-refractivity contribution in [2.45, 2.75) is 56.4 Å². The minimum Gasteiger partial charge on any atom is -0.395 e. The summed E-state index contributed by atoms with van der Waals surface area (Å²) in [7, 11) is -1.79. The number of nitrogens with one attached hydrogen (secondary N) is 3. The van der Waals surface area contributed by atoms with Crippen LogP contribution in [0.3, 0.4) is 0 Å². The van der Waals surface area contributed by atoms with E-state index >= 15 is 0 Å². The number of piperidine rings is 1. The summed E-state index contributed by atoms with van der Waals surface area (Å²) in [6.07, 6.45) is 5.42. The van der Waals surface area contributed by atoms with E-state index < -0.39 is 15.6 Å². The average molecular weight is 572 g/mol. The third-order valence-corrected chi connectivity index (χ3v) is 9.93. The summed E-state index contributed by atoms with van der Waals surface area (Å²) in [4.78, 5) is 18.1. The number of amides is 1. The predicted molar refractivity (Wildman–Crippen MR) is 158 cm³/mol. The second kappa shape index (κ2) is 10.8. The highest BCUT2D eigenvalue weighted by molar-refractivity contribution is 7.89. The Balaban J connectivity index is 1.46. The van der Waals surface area contributed by atoms with E-state index in [0.717, 1.165) is 55.8 Å². The van der Waals surface area contributed by atoms with Crippen molar-refractivity contribution in [3.05, 3.63) is 41.5 Å². The molecule has 0 unspecified atom stereocenters. The molecule has 1 spiro atoms. The highest BCUT2D eigenvalue weighted by Gasteiger charge is 2.44. The van der Waals surface area contributed by atoms with Gasteiger partial charge in [-0.15, -0.1) is 0 Å². The zero-order valence-electron chi connectivity index (χ0n) is 23.6. The molecule has 0 atom stereocenters. The molecule has 2 aromatic rings. The van der Waals surface area contributed by atoms with Gasteiger partial charge in [-0.3, -0.25) is 4.79 Å². The van der Waals surface area contributed by atoms with Gasteiger partial charge in [0.2, 0.25) is 10.0 Å². The molecule has 1 saturated carbocycles. The second-order valence-corrected chi connectivity index (χ2v) is 13.9. The summed E-state index contributed by atoms with van der Waals surface area (Å²) < 4.78 is 28.1. The van der Waals surface area contributed by atoms with Crippen LogP contribution >= 0.6 is 0 Å². The van der Waals surface area contributed by atoms with Gasteiger partial charge < -0.3 is 30.6 Å². The van der Waals surface area contributed by atoms with E-state index in [1.54, 1.807) is 12.1 Å². The fourth-order valence-electron chi connectivity index (χ4n) is 5.77. The molecule has 1 aliphatic carbocycles. The Morgan fingerprint density at radius 2 is 1.75 bits per heavy atom. The highest BCUT2D eigenvalue weighted by atomic mass is 32.2. The van der Waals surface area contributed by atoms with E-state index in [0.29, 0.717) is 22.4 Å². The molecular formula is C29H41N5O5S. The normalized spacial score (nSPS) is 18.1. The van der Waals surface area contributed by atoms with Gasteiger partial charge in [0.05, 0.1) is 46.4 Å². The van der Waals surface area contributed by atoms with Crippen LogP contribution in [0.2, 0.25) is 0 Å². The number of fused-ring (bicyclic) bond motifs is 1. The largest absolute Gasteiger partial charge is 0.395 e. The number of aliphatic hydroxyl groups is 2. The van der Waals surface area contributed by atoms with Crippen molar-refractivity contribution in [1.29, 1.82) is 0 Å². The van der Waals surface area contributed by atoms with E-state index in [-0.39, 0.29) is 30.6 Å². The summed E-state index contributed by atoms with van der Waals surface area (Å²) >= 11 is 0. The first kappa shape index (κ1) is 28.7. The number of sulfonamides is 1. The Bertz CT molecular complexity index is 1380. The van der Waals surface area contributed by atoms with Crippen LogP contribution in [0.4, 0.5) is 22.7 Å². The molecule has 1 amide bonds. The fourth-order valence-corrected chi connectivity index (χ4v) is 6.81. The van der Waals surface area contributed by atoms with Crippen LogP contribution in [-0.4, -0.2) is 76.5 Å². The van der Waals surface area contributed by atoms with E-state index in [2.05, 4.69) is 25.2 Å². The molecular weight excluding hydrogens is 530 g/mol. The minimum atomic E-state index is -3.81. The smallest absolute Gasteiger partial charge is 0.255 e. The van der Waals surface area contributed by atoms with Crippen LogP contribution in [0.1, 0.15) is 55.5 Å². The van der Waals surface area contributed by atoms with E-state index in [1.165, 1.54) is 18.9 Å². The maximum Gasteiger partial charge on any atom is 0.255 e. The molecule has 1 saturated heterocycles. The number of benzene rings is 2. The van der Waals surface area contributed by atoms with Crippen molar-refractivity contribution in [2.24, 2.45) is 5.41 Å². The first-order valence-corrected chi connectivity index (χ1v) is 15.5. The standard InChI is InChI=1S/C29H41N5O5S/c1-28(2,19-36)32-24-17-21(16-20-6-12-33(3)26(20)24)27(37)31-23-5-4-22(40(38,39)30-11-15-35)18-25(23)34-13-9-29(7-8-29)10-14-34/h4-5,16-18,30,32,35-36H,6-15,19H2,1-3H3,(H,31,37). The van der Waals surface area contributed by atoms with Crippen molar-refractivity contribution in [1.82, 2.24) is 4.72 Å². The molecule has 2 fully saturated rings. The van der Waals surface area contributed by atoms with Gasteiger partial charge in [0.15, 0.2) is 0 Å². The maximum atomic E-state index is 13.7. The van der Waals surface area contributed by atoms with Gasteiger partial charge in [-0.1, -0.05) is 0 Å². The monoisotopic (exact) mass is 571 g/mol. The summed E-state index contributed by atoms with van der Waals surface area (Å²) in [5.41, 5.74) is 4.49. The van der Waals surface area contributed by atoms with Crippen molar-refractivity contribution < 1.29 is 23.4 Å². The fraction of sp³-hybridized carbons (Fsp3) is 0.552. The van der Waals surface area contributed by atoms with Crippen LogP contribution in [0, 0.1) is 5.41 Å². The molecule has 10 nitrogen and oxygen atoms in total. The lowest BCUT2D eigenvalue weighted by Crippen LogP contribution is -2.36. The van der Waals surface area contributed by atoms with Gasteiger partial charge in [-0.05, 0) is 87.3 Å². The number of rotatable bonds is 10. The van der Waals surface area contributed by atoms with Gasteiger partial charge >= 0.3 is 0 Å². The van der Waals surface area contributed by atoms with E-state index in [1.807, 2.05) is 33.0 Å². The third-order valence-electron chi connectivity index (χ3n) is 8.47. The van der Waals surface area contributed by atoms with Gasteiger partial charge in [0.25, 0.3) is 5.91 Å². The zero-order chi connectivity index (χ0) is 28.7. The van der Waals surface area contributed by atoms with Crippen LogP contribution in [0.5, 0.6) is 0 Å². The summed E-state index contributed by atoms with van der Waals surface area (Å²) in [5.74, 6) is -0.284. The lowest BCUT2D eigenvalue weighted by atomic mass is 9.93. The number of aliphatic hydroxyl groups excluding tert-OH is 2. The maximum absolute atomic E-state index is 13.7. The number of nitrogens with zero attached hydrogens (tertiary/aromatic N) is 2. The Labute approximate surface area is 236 Å². The molecule has 2 aromatic carbocycles. The SMILES string of the molecule is CN1CCc2cc(C(=O)Nc3ccc(S(=O)(=O)NCCO)cc3N3CCC4(CC3)CC4)cc(NC(C)(C)CO)c21. The van der Waals surface area contributed by atoms with Crippen molar-refractivity contribution >= 4 is 38.7 Å². The zero-order valence-corrected chi connectivity index (χ0v) is 24.4. The first-order chi connectivity index (χ1) is 19.0. The number of hydrogen-bond donors (Lipinski definition) is 5. The van der Waals surface area contributed by atoms with Crippen LogP contribution in [0.25, 0.3) is 0 Å². The van der Waals surface area contributed by atoms with Gasteiger partial charge in [-0.2, -0.15) is 0 Å². The van der Waals surface area contributed by atoms with Crippen molar-refractivity contribution in [2.75, 3.05) is 66.9 Å². The number of carbonyl (C=O) groups is 1. The minimum absolute atomic E-state index is 0.0647. The Morgan fingerprint density at radius 3 is 2.40 bits per heavy atom. The van der Waals surface area contributed by atoms with Crippen molar-refractivity contribution in [3.8, 4) is 0 Å². The quantitative estimate of drug-likeness (QED) is 0.294. The predicted octanol–water partition coefficient (Wildman–Crippen LogP) is 2.77. The number of hydrogen-bond acceptors (Lipinski definition) is 8. The lowest BCUT2D eigenvalue weighted by Gasteiger charge is -2.35. The molecule has 2 heterocycles. The topological polar surface area (TPSA) is 134 Å². The summed E-state index contributed by atoms with van der Waals surface area (Å²) in [6.45, 7) is 5.82. The number of likely N-dealkylation sites (N-methyl/N-ethyl adjacent to an activating group) is 1. The molecule has 218 valence electrons. The van der Waals surface area contributed by atoms with Crippen LogP contribution in [0.15, 0.2) is 35.2 Å².